The van der Waals surface area contributed by atoms with Crippen LogP contribution in [0.15, 0.2) is 0 Å². The monoisotopic (exact) mass is 744 g/mol. The van der Waals surface area contributed by atoms with Crippen molar-refractivity contribution in [2.75, 3.05) is 52.4 Å². The van der Waals surface area contributed by atoms with Gasteiger partial charge >= 0.3 is 49.4 Å². The molecule has 2 N–H and O–H groups in total. The van der Waals surface area contributed by atoms with Gasteiger partial charge in [-0.05, 0) is 51.6 Å². The Labute approximate surface area is 232 Å². The summed E-state index contributed by atoms with van der Waals surface area (Å²) in [6.45, 7) is 10.1. The zero-order valence-electron chi connectivity index (χ0n) is 17.2. The molecule has 0 aromatic carbocycles. The summed E-state index contributed by atoms with van der Waals surface area (Å²) in [5.41, 5.74) is 0.595. The van der Waals surface area contributed by atoms with Gasteiger partial charge in [0.2, 0.25) is 0 Å². The minimum atomic E-state index is 0. The van der Waals surface area contributed by atoms with Gasteiger partial charge in [-0.25, -0.2) is 0 Å². The Balaban J connectivity index is 0. The van der Waals surface area contributed by atoms with Crippen LogP contribution in [0.25, 0.3) is 0 Å². The fourth-order valence-corrected chi connectivity index (χ4v) is 4.16. The average Bonchev–Trinajstić information content (AvgIpc) is 2.84. The van der Waals surface area contributed by atoms with Gasteiger partial charge in [-0.2, -0.15) is 0 Å². The molecule has 2 bridgehead atoms. The van der Waals surface area contributed by atoms with Gasteiger partial charge in [-0.3, -0.25) is 14.6 Å². The van der Waals surface area contributed by atoms with Crippen LogP contribution in [0.4, 0.5) is 0 Å². The zero-order chi connectivity index (χ0) is 18.7. The molecule has 0 aromatic rings. The van der Waals surface area contributed by atoms with Gasteiger partial charge in [0.25, 0.3) is 0 Å². The number of carbonyl (C=O) groups excluding carboxylic acids is 1. The van der Waals surface area contributed by atoms with Crippen molar-refractivity contribution >= 4 is 72.7 Å². The van der Waals surface area contributed by atoms with E-state index >= 15 is 0 Å². The van der Waals surface area contributed by atoms with Crippen LogP contribution in [0.3, 0.4) is 0 Å². The Morgan fingerprint density at radius 3 is 1.48 bits per heavy atom. The Morgan fingerprint density at radius 2 is 1.21 bits per heavy atom. The first kappa shape index (κ1) is 34.0. The molecule has 2 aliphatic carbocycles. The van der Waals surface area contributed by atoms with Crippen molar-refractivity contribution in [3.8, 4) is 0 Å². The molecule has 3 aliphatic heterocycles. The number of nitrogens with one attached hydrogen (secondary N) is 2. The molecule has 3 saturated heterocycles. The van der Waals surface area contributed by atoms with Crippen LogP contribution in [0.1, 0.15) is 51.4 Å². The first-order valence-corrected chi connectivity index (χ1v) is 19.1. The number of rotatable bonds is 0. The summed E-state index contributed by atoms with van der Waals surface area (Å²) in [5, 5.41) is 6.57. The molecule has 5 nitrogen and oxygen atoms in total. The van der Waals surface area contributed by atoms with Crippen LogP contribution < -0.4 is 10.6 Å². The summed E-state index contributed by atoms with van der Waals surface area (Å²) < 4.78 is 0. The Kier molecular flexibility index (Phi) is 23.7. The Morgan fingerprint density at radius 1 is 0.759 bits per heavy atom. The van der Waals surface area contributed by atoms with E-state index in [9.17, 15) is 4.79 Å². The standard InChI is InChI=1S/C9H16N2.C5H12N2.C4H6O.2HI.2H2S.2V/c1-3-9(4-1)10-5-2-6-11(9)8-7-10;1-2-6-4-5-7-3-1;5-4-2-1-3-4;;;;;;/h1-8H2;6-7H,1-5H2;1-3H2;2*1H;2*1H2;;/q;;;;;;;;+2/p-4. The molecule has 1 radical (unpaired) electrons. The fraction of sp³-hybridized carbons (Fsp3) is 0.944. The number of carbonyl (C=O) groups is 1. The maximum atomic E-state index is 9.90. The van der Waals surface area contributed by atoms with Gasteiger partial charge < -0.3 is 37.6 Å². The summed E-state index contributed by atoms with van der Waals surface area (Å²) in [7, 11) is 0.628. The predicted octanol–water partition coefficient (Wildman–Crippen LogP) is 2.42. The number of nitrogens with zero attached hydrogens (tertiary/aromatic N) is 2. The number of hydrogen-bond acceptors (Lipinski definition) is 7. The van der Waals surface area contributed by atoms with E-state index in [-0.39, 0.29) is 45.5 Å². The summed E-state index contributed by atoms with van der Waals surface area (Å²) >= 11 is 4.74. The SMILES string of the molecule is C1CN2CCN(C1)C21CCC1.C1CNCCNC1.O=C1CCC1.[I][V][I].[SH-].[SH-].[V]. The van der Waals surface area contributed by atoms with Gasteiger partial charge in [0, 0.05) is 70.7 Å². The van der Waals surface area contributed by atoms with Crippen molar-refractivity contribution in [3.05, 3.63) is 0 Å². The second kappa shape index (κ2) is 20.2. The minimum Gasteiger partial charge on any atom is -0.813 e. The number of halogens is 2. The quantitative estimate of drug-likeness (QED) is 0.225. The van der Waals surface area contributed by atoms with Gasteiger partial charge in [-0.15, -0.1) is 0 Å². The Hall–Kier alpha value is 2.84. The number of ketones is 1. The van der Waals surface area contributed by atoms with Crippen molar-refractivity contribution < 1.29 is 32.8 Å². The largest absolute Gasteiger partial charge is 0.813 e. The maximum Gasteiger partial charge on any atom is 0 e. The van der Waals surface area contributed by atoms with E-state index in [2.05, 4.69) is 60.4 Å². The summed E-state index contributed by atoms with van der Waals surface area (Å²) in [6.07, 6.45) is 9.88. The first-order chi connectivity index (χ1) is 12.7. The molecule has 0 aromatic heterocycles. The van der Waals surface area contributed by atoms with E-state index in [0.717, 1.165) is 32.4 Å². The van der Waals surface area contributed by atoms with Crippen LogP contribution in [0, 0.1) is 0 Å². The normalized spacial score (nSPS) is 27.4. The van der Waals surface area contributed by atoms with Crippen LogP contribution >= 0.6 is 40.0 Å². The van der Waals surface area contributed by atoms with E-state index in [4.69, 9.17) is 0 Å². The van der Waals surface area contributed by atoms with Crippen molar-refractivity contribution in [3.63, 3.8) is 0 Å². The zero-order valence-corrected chi connectivity index (χ0v) is 26.1. The molecule has 2 unspecified atom stereocenters. The molecular formula is C18H36I2N4OS2V2-2. The van der Waals surface area contributed by atoms with Crippen molar-refractivity contribution in [1.82, 2.24) is 20.4 Å². The summed E-state index contributed by atoms with van der Waals surface area (Å²) in [6, 6.07) is 0. The van der Waals surface area contributed by atoms with Crippen molar-refractivity contribution in [1.29, 1.82) is 0 Å². The predicted molar refractivity (Wildman–Crippen MR) is 139 cm³/mol. The van der Waals surface area contributed by atoms with Crippen LogP contribution in [-0.4, -0.2) is 73.6 Å². The topological polar surface area (TPSA) is 47.6 Å². The molecule has 2 saturated carbocycles. The number of thiol groups is 2. The van der Waals surface area contributed by atoms with Crippen LogP contribution in [0.2, 0.25) is 0 Å². The van der Waals surface area contributed by atoms with Gasteiger partial charge in [0.1, 0.15) is 5.78 Å². The van der Waals surface area contributed by atoms with Crippen molar-refractivity contribution in [2.45, 2.75) is 57.0 Å². The van der Waals surface area contributed by atoms with Crippen LogP contribution in [-0.2, 0) is 59.8 Å². The number of Topliss-reactive ketones (excluding diaryl/α,β-unsaturated/α-hetero) is 1. The molecule has 3 heterocycles. The van der Waals surface area contributed by atoms with E-state index in [1.54, 1.807) is 0 Å². The maximum absolute atomic E-state index is 9.90. The molecule has 5 aliphatic rings. The third kappa shape index (κ3) is 11.7. The molecule has 29 heavy (non-hydrogen) atoms. The molecule has 172 valence electrons. The second-order valence-corrected chi connectivity index (χ2v) is 19.3. The third-order valence-electron chi connectivity index (χ3n) is 5.92. The summed E-state index contributed by atoms with van der Waals surface area (Å²) in [5.74, 6) is 0.435. The van der Waals surface area contributed by atoms with Gasteiger partial charge in [0.15, 0.2) is 0 Å². The molecular weight excluding hydrogens is 708 g/mol. The van der Waals surface area contributed by atoms with Crippen LogP contribution in [0.5, 0.6) is 0 Å². The average molecular weight is 744 g/mol. The van der Waals surface area contributed by atoms with E-state index in [0.29, 0.717) is 20.9 Å². The summed E-state index contributed by atoms with van der Waals surface area (Å²) in [4.78, 5) is 15.3. The third-order valence-corrected chi connectivity index (χ3v) is 5.92. The molecule has 11 heteroatoms. The molecule has 5 rings (SSSR count). The van der Waals surface area contributed by atoms with E-state index < -0.39 is 0 Å². The molecule has 2 atom stereocenters. The fourth-order valence-electron chi connectivity index (χ4n) is 4.16. The number of hydrogen-bond donors (Lipinski definition) is 2. The van der Waals surface area contributed by atoms with Gasteiger partial charge in [0.05, 0.1) is 5.66 Å². The minimum absolute atomic E-state index is 0. The molecule has 5 fully saturated rings. The van der Waals surface area contributed by atoms with Crippen molar-refractivity contribution in [2.24, 2.45) is 0 Å². The molecule has 0 amide bonds. The molecule has 1 spiro atoms. The Bertz CT molecular complexity index is 384. The van der Waals surface area contributed by atoms with E-state index in [1.165, 1.54) is 71.4 Å². The smallest absolute Gasteiger partial charge is 0 e. The van der Waals surface area contributed by atoms with E-state index in [1.807, 2.05) is 0 Å². The van der Waals surface area contributed by atoms with Gasteiger partial charge in [-0.1, -0.05) is 0 Å². The second-order valence-electron chi connectivity index (χ2n) is 7.47. The first-order valence-electron chi connectivity index (χ1n) is 10.1.